The number of carbonyl (C=O) groups is 1. The topological polar surface area (TPSA) is 143 Å². The van der Waals surface area contributed by atoms with Crippen molar-refractivity contribution < 1.29 is 4.79 Å². The predicted molar refractivity (Wildman–Crippen MR) is 105 cm³/mol. The molecule has 0 saturated carbocycles. The van der Waals surface area contributed by atoms with Crippen LogP contribution in [0.1, 0.15) is 15.9 Å². The summed E-state index contributed by atoms with van der Waals surface area (Å²) in [6, 6.07) is 17.6. The number of guanidine groups is 1. The lowest BCUT2D eigenvalue weighted by Gasteiger charge is -2.10. The van der Waals surface area contributed by atoms with Crippen LogP contribution in [0.2, 0.25) is 0 Å². The van der Waals surface area contributed by atoms with Gasteiger partial charge in [0.15, 0.2) is 5.96 Å². The Balaban J connectivity index is 1.92. The van der Waals surface area contributed by atoms with Crippen LogP contribution < -0.4 is 22.5 Å². The zero-order valence-corrected chi connectivity index (χ0v) is 13.9. The van der Waals surface area contributed by atoms with Gasteiger partial charge in [-0.1, -0.05) is 30.3 Å². The largest absolute Gasteiger partial charge is 0.384 e. The zero-order chi connectivity index (χ0) is 18.7. The lowest BCUT2D eigenvalue weighted by Crippen LogP contribution is -2.21. The molecule has 3 aromatic rings. The molecular weight excluding hydrogens is 328 g/mol. The number of nitrogens with one attached hydrogen (secondary N) is 2. The zero-order valence-electron chi connectivity index (χ0n) is 13.9. The molecule has 3 rings (SSSR count). The van der Waals surface area contributed by atoms with E-state index >= 15 is 0 Å². The van der Waals surface area contributed by atoms with Gasteiger partial charge in [0.05, 0.1) is 5.69 Å². The first-order chi connectivity index (χ1) is 12.4. The molecular formula is C19H18N6O. The van der Waals surface area contributed by atoms with E-state index in [9.17, 15) is 4.79 Å². The van der Waals surface area contributed by atoms with Gasteiger partial charge in [-0.2, -0.15) is 0 Å². The van der Waals surface area contributed by atoms with E-state index in [4.69, 9.17) is 22.6 Å². The molecule has 0 spiro atoms. The van der Waals surface area contributed by atoms with Crippen LogP contribution in [0.5, 0.6) is 0 Å². The molecule has 8 N–H and O–H groups in total. The number of hydrogen-bond donors (Lipinski definition) is 5. The minimum Gasteiger partial charge on any atom is -0.384 e. The molecule has 7 nitrogen and oxygen atoms in total. The third-order valence-corrected chi connectivity index (χ3v) is 3.81. The minimum absolute atomic E-state index is 0.00196. The van der Waals surface area contributed by atoms with Crippen molar-refractivity contribution in [3.63, 3.8) is 0 Å². The highest BCUT2D eigenvalue weighted by atomic mass is 16.1. The van der Waals surface area contributed by atoms with Crippen LogP contribution in [0.25, 0.3) is 10.8 Å². The van der Waals surface area contributed by atoms with Crippen molar-refractivity contribution in [2.45, 2.75) is 0 Å². The molecule has 0 saturated heterocycles. The molecule has 0 bridgehead atoms. The van der Waals surface area contributed by atoms with Crippen LogP contribution in [0.3, 0.4) is 0 Å². The van der Waals surface area contributed by atoms with Gasteiger partial charge in [-0.25, -0.2) is 4.99 Å². The summed E-state index contributed by atoms with van der Waals surface area (Å²) in [5.74, 6) is -0.350. The number of amidine groups is 1. The average Bonchev–Trinajstić information content (AvgIpc) is 2.61. The van der Waals surface area contributed by atoms with E-state index in [1.165, 1.54) is 0 Å². The Morgan fingerprint density at radius 1 is 0.923 bits per heavy atom. The van der Waals surface area contributed by atoms with Crippen molar-refractivity contribution in [1.82, 2.24) is 0 Å². The van der Waals surface area contributed by atoms with Crippen LogP contribution in [0.4, 0.5) is 11.4 Å². The van der Waals surface area contributed by atoms with E-state index in [-0.39, 0.29) is 17.7 Å². The third kappa shape index (κ3) is 3.62. The maximum Gasteiger partial charge on any atom is 0.255 e. The molecule has 0 aliphatic heterocycles. The molecule has 0 atom stereocenters. The Labute approximate surface area is 150 Å². The molecule has 0 unspecified atom stereocenters. The van der Waals surface area contributed by atoms with E-state index in [1.807, 2.05) is 30.3 Å². The second-order valence-corrected chi connectivity index (χ2v) is 5.70. The highest BCUT2D eigenvalue weighted by Gasteiger charge is 2.10. The van der Waals surface area contributed by atoms with Crippen LogP contribution >= 0.6 is 0 Å². The predicted octanol–water partition coefficient (Wildman–Crippen LogP) is 2.28. The number of hydrogen-bond acceptors (Lipinski definition) is 3. The monoisotopic (exact) mass is 346 g/mol. The molecule has 0 aliphatic carbocycles. The highest BCUT2D eigenvalue weighted by molar-refractivity contribution is 6.10. The fraction of sp³-hybridized carbons (Fsp3) is 0. The van der Waals surface area contributed by atoms with Crippen molar-refractivity contribution in [3.8, 4) is 0 Å². The summed E-state index contributed by atoms with van der Waals surface area (Å²) in [5.41, 5.74) is 18.5. The molecule has 130 valence electrons. The Bertz CT molecular complexity index is 1040. The lowest BCUT2D eigenvalue weighted by molar-refractivity contribution is 0.102. The summed E-state index contributed by atoms with van der Waals surface area (Å²) in [6.45, 7) is 0. The molecule has 7 heteroatoms. The highest BCUT2D eigenvalue weighted by Crippen LogP contribution is 2.25. The molecule has 0 radical (unpaired) electrons. The SMILES string of the molecule is N=C(N)c1ccc2c(NC(=O)c3cccc(N=C(N)N)c3)cccc2c1. The number of fused-ring (bicyclic) bond motifs is 1. The molecule has 1 amide bonds. The van der Waals surface area contributed by atoms with E-state index in [2.05, 4.69) is 10.3 Å². The van der Waals surface area contributed by atoms with Crippen LogP contribution in [0, 0.1) is 5.41 Å². The maximum atomic E-state index is 12.6. The number of carbonyl (C=O) groups excluding carboxylic acids is 1. The lowest BCUT2D eigenvalue weighted by atomic mass is 10.0. The summed E-state index contributed by atoms with van der Waals surface area (Å²) < 4.78 is 0. The van der Waals surface area contributed by atoms with E-state index < -0.39 is 0 Å². The van der Waals surface area contributed by atoms with Gasteiger partial charge < -0.3 is 22.5 Å². The third-order valence-electron chi connectivity index (χ3n) is 3.81. The van der Waals surface area contributed by atoms with Crippen LogP contribution in [-0.4, -0.2) is 17.7 Å². The van der Waals surface area contributed by atoms with Crippen LogP contribution in [-0.2, 0) is 0 Å². The normalized spacial score (nSPS) is 10.3. The molecule has 0 aromatic heterocycles. The molecule has 26 heavy (non-hydrogen) atoms. The molecule has 3 aromatic carbocycles. The molecule has 0 heterocycles. The summed E-state index contributed by atoms with van der Waals surface area (Å²) in [6.07, 6.45) is 0. The fourth-order valence-electron chi connectivity index (χ4n) is 2.62. The number of anilines is 1. The number of rotatable bonds is 4. The fourth-order valence-corrected chi connectivity index (χ4v) is 2.62. The maximum absolute atomic E-state index is 12.6. The standard InChI is InChI=1S/C19H18N6O/c20-17(21)12-7-8-15-11(9-12)3-2-6-16(15)25-18(26)13-4-1-5-14(10-13)24-19(22)23/h1-10H,(H3,20,21)(H,25,26)(H4,22,23,24). The molecule has 0 fully saturated rings. The van der Waals surface area contributed by atoms with Gasteiger partial charge in [-0.05, 0) is 35.7 Å². The van der Waals surface area contributed by atoms with E-state index in [1.54, 1.807) is 30.3 Å². The van der Waals surface area contributed by atoms with Crippen molar-refractivity contribution in [2.24, 2.45) is 22.2 Å². The first-order valence-corrected chi connectivity index (χ1v) is 7.82. The Kier molecular flexibility index (Phi) is 4.53. The number of nitrogens with zero attached hydrogens (tertiary/aromatic N) is 1. The van der Waals surface area contributed by atoms with Crippen molar-refractivity contribution >= 4 is 39.8 Å². The smallest absolute Gasteiger partial charge is 0.255 e. The number of nitrogens with two attached hydrogens (primary N) is 3. The van der Waals surface area contributed by atoms with Gasteiger partial charge in [0, 0.05) is 22.2 Å². The number of benzene rings is 3. The van der Waals surface area contributed by atoms with Crippen molar-refractivity contribution in [3.05, 3.63) is 71.8 Å². The van der Waals surface area contributed by atoms with Crippen LogP contribution in [0.15, 0.2) is 65.7 Å². The van der Waals surface area contributed by atoms with Gasteiger partial charge in [0.1, 0.15) is 5.84 Å². The number of aliphatic imine (C=N–C) groups is 1. The number of nitrogen functional groups attached to an aromatic ring is 1. The van der Waals surface area contributed by atoms with Gasteiger partial charge in [0.25, 0.3) is 5.91 Å². The summed E-state index contributed by atoms with van der Waals surface area (Å²) in [7, 11) is 0. The second-order valence-electron chi connectivity index (χ2n) is 5.70. The van der Waals surface area contributed by atoms with Gasteiger partial charge >= 0.3 is 0 Å². The second kappa shape index (κ2) is 6.94. The first-order valence-electron chi connectivity index (χ1n) is 7.82. The Hall–Kier alpha value is -3.87. The quantitative estimate of drug-likeness (QED) is 0.364. The first kappa shape index (κ1) is 17.0. The van der Waals surface area contributed by atoms with Crippen molar-refractivity contribution in [2.75, 3.05) is 5.32 Å². The summed E-state index contributed by atoms with van der Waals surface area (Å²) in [5, 5.41) is 12.2. The van der Waals surface area contributed by atoms with E-state index in [0.717, 1.165) is 10.8 Å². The molecule has 0 aliphatic rings. The Morgan fingerprint density at radius 2 is 1.69 bits per heavy atom. The van der Waals surface area contributed by atoms with E-state index in [0.29, 0.717) is 22.5 Å². The Morgan fingerprint density at radius 3 is 2.42 bits per heavy atom. The summed E-state index contributed by atoms with van der Waals surface area (Å²) in [4.78, 5) is 16.5. The van der Waals surface area contributed by atoms with Crippen molar-refractivity contribution in [1.29, 1.82) is 5.41 Å². The summed E-state index contributed by atoms with van der Waals surface area (Å²) >= 11 is 0. The van der Waals surface area contributed by atoms with Gasteiger partial charge in [-0.15, -0.1) is 0 Å². The minimum atomic E-state index is -0.277. The number of amides is 1. The van der Waals surface area contributed by atoms with Gasteiger partial charge in [-0.3, -0.25) is 10.2 Å². The average molecular weight is 346 g/mol. The van der Waals surface area contributed by atoms with Gasteiger partial charge in [0.2, 0.25) is 0 Å².